The molecule has 0 aliphatic carbocycles. The van der Waals surface area contributed by atoms with E-state index in [4.69, 9.17) is 0 Å². The number of anilines is 1. The topological polar surface area (TPSA) is 66.5 Å². The molecule has 4 amide bonds. The lowest BCUT2D eigenvalue weighted by Gasteiger charge is -2.26. The lowest BCUT2D eigenvalue weighted by Crippen LogP contribution is -2.54. The molecule has 1 N–H and O–H groups in total. The summed E-state index contributed by atoms with van der Waals surface area (Å²) < 4.78 is 0.869. The van der Waals surface area contributed by atoms with Gasteiger partial charge in [0.2, 0.25) is 0 Å². The fourth-order valence-electron chi connectivity index (χ4n) is 2.80. The van der Waals surface area contributed by atoms with E-state index < -0.39 is 17.8 Å². The number of nitrogens with one attached hydrogen (secondary N) is 1. The minimum absolute atomic E-state index is 0.0764. The van der Waals surface area contributed by atoms with Gasteiger partial charge in [0.25, 0.3) is 11.8 Å². The van der Waals surface area contributed by atoms with E-state index in [1.807, 2.05) is 31.2 Å². The van der Waals surface area contributed by atoms with E-state index in [0.29, 0.717) is 11.6 Å². The van der Waals surface area contributed by atoms with Gasteiger partial charge in [0, 0.05) is 4.47 Å². The molecule has 1 aliphatic rings. The molecule has 1 fully saturated rings. The smallest absolute Gasteiger partial charge is 0.273 e. The van der Waals surface area contributed by atoms with E-state index in [1.54, 1.807) is 18.2 Å². The van der Waals surface area contributed by atoms with Gasteiger partial charge in [-0.25, -0.2) is 9.69 Å². The number of rotatable bonds is 3. The second kappa shape index (κ2) is 7.48. The molecule has 0 aromatic heterocycles. The molecule has 0 unspecified atom stereocenters. The summed E-state index contributed by atoms with van der Waals surface area (Å²) in [5.74, 6) is -0.943. The Morgan fingerprint density at radius 1 is 1.04 bits per heavy atom. The molecule has 27 heavy (non-hydrogen) atoms. The maximum absolute atomic E-state index is 12.9. The maximum atomic E-state index is 12.9. The molecule has 5 nitrogen and oxygen atoms in total. The van der Waals surface area contributed by atoms with Gasteiger partial charge >= 0.3 is 6.03 Å². The lowest BCUT2D eigenvalue weighted by molar-refractivity contribution is -0.122. The number of barbiturate groups is 1. The molecular weight excluding hydrogens is 408 g/mol. The van der Waals surface area contributed by atoms with Gasteiger partial charge in [0.1, 0.15) is 5.57 Å². The van der Waals surface area contributed by atoms with Crippen LogP contribution in [0.5, 0.6) is 0 Å². The highest BCUT2D eigenvalue weighted by Gasteiger charge is 2.36. The third-order valence-electron chi connectivity index (χ3n) is 4.42. The molecule has 0 bridgehead atoms. The van der Waals surface area contributed by atoms with Crippen LogP contribution < -0.4 is 10.2 Å². The molecule has 138 valence electrons. The highest BCUT2D eigenvalue weighted by Crippen LogP contribution is 2.26. The predicted molar refractivity (Wildman–Crippen MR) is 108 cm³/mol. The predicted octanol–water partition coefficient (Wildman–Crippen LogP) is 4.55. The third-order valence-corrected chi connectivity index (χ3v) is 5.31. The fourth-order valence-corrected chi connectivity index (χ4v) is 3.05. The zero-order chi connectivity index (χ0) is 19.7. The Morgan fingerprint density at radius 3 is 2.30 bits per heavy atom. The van der Waals surface area contributed by atoms with Gasteiger partial charge in [0.05, 0.1) is 5.69 Å². The summed E-state index contributed by atoms with van der Waals surface area (Å²) in [7, 11) is 0. The normalized spacial score (nSPS) is 16.3. The number of imide groups is 2. The highest BCUT2D eigenvalue weighted by atomic mass is 79.9. The largest absolute Gasteiger partial charge is 0.335 e. The maximum Gasteiger partial charge on any atom is 0.335 e. The van der Waals surface area contributed by atoms with Gasteiger partial charge in [-0.05, 0) is 53.8 Å². The molecule has 2 aromatic carbocycles. The van der Waals surface area contributed by atoms with E-state index in [0.717, 1.165) is 20.5 Å². The molecule has 1 aliphatic heterocycles. The molecule has 0 spiro atoms. The minimum Gasteiger partial charge on any atom is -0.273 e. The van der Waals surface area contributed by atoms with Crippen LogP contribution in [0.1, 0.15) is 36.5 Å². The van der Waals surface area contributed by atoms with Crippen LogP contribution in [0.4, 0.5) is 10.5 Å². The Morgan fingerprint density at radius 2 is 1.70 bits per heavy atom. The number of carbonyl (C=O) groups is 3. The van der Waals surface area contributed by atoms with Crippen molar-refractivity contribution in [2.45, 2.75) is 26.7 Å². The molecule has 1 saturated heterocycles. The van der Waals surface area contributed by atoms with Crippen LogP contribution in [-0.2, 0) is 9.59 Å². The van der Waals surface area contributed by atoms with Crippen molar-refractivity contribution in [1.82, 2.24) is 5.32 Å². The quantitative estimate of drug-likeness (QED) is 0.578. The van der Waals surface area contributed by atoms with E-state index in [-0.39, 0.29) is 5.57 Å². The Balaban J connectivity index is 1.97. The Kier molecular flexibility index (Phi) is 5.28. The number of hydrogen-bond acceptors (Lipinski definition) is 3. The van der Waals surface area contributed by atoms with Crippen molar-refractivity contribution in [1.29, 1.82) is 0 Å². The summed E-state index contributed by atoms with van der Waals surface area (Å²) in [5, 5.41) is 2.24. The number of hydrogen-bond donors (Lipinski definition) is 1. The van der Waals surface area contributed by atoms with Crippen LogP contribution in [0.2, 0.25) is 0 Å². The number of nitrogens with zero attached hydrogens (tertiary/aromatic N) is 1. The summed E-state index contributed by atoms with van der Waals surface area (Å²) >= 11 is 3.40. The van der Waals surface area contributed by atoms with Gasteiger partial charge < -0.3 is 0 Å². The fraction of sp³-hybridized carbons (Fsp3) is 0.190. The summed E-state index contributed by atoms with van der Waals surface area (Å²) in [4.78, 5) is 38.4. The van der Waals surface area contributed by atoms with Crippen LogP contribution >= 0.6 is 15.9 Å². The van der Waals surface area contributed by atoms with Crippen molar-refractivity contribution in [3.05, 3.63) is 69.2 Å². The SMILES string of the molecule is Cc1cc(N2C(=O)NC(=O)/C(=C\c3ccc(C(C)C)cc3)C2=O)ccc1Br. The number of amides is 4. The third kappa shape index (κ3) is 3.85. The van der Waals surface area contributed by atoms with Crippen molar-refractivity contribution in [2.24, 2.45) is 0 Å². The second-order valence-electron chi connectivity index (χ2n) is 6.71. The number of halogens is 1. The monoisotopic (exact) mass is 426 g/mol. The molecular formula is C21H19BrN2O3. The number of urea groups is 1. The first-order chi connectivity index (χ1) is 12.8. The van der Waals surface area contributed by atoms with E-state index >= 15 is 0 Å². The molecule has 1 heterocycles. The summed E-state index contributed by atoms with van der Waals surface area (Å²) in [6.45, 7) is 6.04. The highest BCUT2D eigenvalue weighted by molar-refractivity contribution is 9.10. The van der Waals surface area contributed by atoms with Crippen molar-refractivity contribution in [2.75, 3.05) is 4.90 Å². The Hall–Kier alpha value is -2.73. The molecule has 3 rings (SSSR count). The number of benzene rings is 2. The molecule has 0 saturated carbocycles. The summed E-state index contributed by atoms with van der Waals surface area (Å²) in [6.07, 6.45) is 1.51. The Bertz CT molecular complexity index is 962. The van der Waals surface area contributed by atoms with Gasteiger partial charge in [-0.2, -0.15) is 0 Å². The van der Waals surface area contributed by atoms with Gasteiger partial charge in [-0.1, -0.05) is 54.0 Å². The summed E-state index contributed by atoms with van der Waals surface area (Å²) in [6, 6.07) is 12.0. The zero-order valence-corrected chi connectivity index (χ0v) is 16.8. The van der Waals surface area contributed by atoms with Crippen molar-refractivity contribution in [3.63, 3.8) is 0 Å². The van der Waals surface area contributed by atoms with Crippen molar-refractivity contribution < 1.29 is 14.4 Å². The van der Waals surface area contributed by atoms with Crippen LogP contribution in [0, 0.1) is 6.92 Å². The number of aryl methyl sites for hydroxylation is 1. The van der Waals surface area contributed by atoms with Crippen molar-refractivity contribution in [3.8, 4) is 0 Å². The molecule has 0 atom stereocenters. The van der Waals surface area contributed by atoms with Gasteiger partial charge in [-0.3, -0.25) is 14.9 Å². The second-order valence-corrected chi connectivity index (χ2v) is 7.57. The molecule has 0 radical (unpaired) electrons. The van der Waals surface area contributed by atoms with Crippen LogP contribution in [0.3, 0.4) is 0 Å². The van der Waals surface area contributed by atoms with Crippen LogP contribution in [0.25, 0.3) is 6.08 Å². The lowest BCUT2D eigenvalue weighted by atomic mass is 10.0. The zero-order valence-electron chi connectivity index (χ0n) is 15.2. The van der Waals surface area contributed by atoms with E-state index in [1.165, 1.54) is 11.6 Å². The van der Waals surface area contributed by atoms with Crippen LogP contribution in [0.15, 0.2) is 52.5 Å². The first kappa shape index (κ1) is 19.0. The first-order valence-corrected chi connectivity index (χ1v) is 9.35. The van der Waals surface area contributed by atoms with Gasteiger partial charge in [-0.15, -0.1) is 0 Å². The van der Waals surface area contributed by atoms with Crippen molar-refractivity contribution >= 4 is 45.5 Å². The average Bonchev–Trinajstić information content (AvgIpc) is 2.62. The van der Waals surface area contributed by atoms with E-state index in [9.17, 15) is 14.4 Å². The number of carbonyl (C=O) groups excluding carboxylic acids is 3. The Labute approximate surface area is 166 Å². The van der Waals surface area contributed by atoms with Gasteiger partial charge in [0.15, 0.2) is 0 Å². The molecule has 2 aromatic rings. The average molecular weight is 427 g/mol. The van der Waals surface area contributed by atoms with E-state index in [2.05, 4.69) is 35.1 Å². The van der Waals surface area contributed by atoms with Crippen LogP contribution in [-0.4, -0.2) is 17.8 Å². The minimum atomic E-state index is -0.751. The first-order valence-electron chi connectivity index (χ1n) is 8.55. The summed E-state index contributed by atoms with van der Waals surface area (Å²) in [5.41, 5.74) is 3.09. The molecule has 6 heteroatoms. The standard InChI is InChI=1S/C21H19BrN2O3/c1-12(2)15-6-4-14(5-7-15)11-17-19(25)23-21(27)24(20(17)26)16-8-9-18(22)13(3)10-16/h4-12H,1-3H3,(H,23,25,27)/b17-11+.